The van der Waals surface area contributed by atoms with Crippen LogP contribution in [0.1, 0.15) is 27.1 Å². The first-order valence-corrected chi connectivity index (χ1v) is 11.7. The highest BCUT2D eigenvalue weighted by Gasteiger charge is 2.30. The Hall–Kier alpha value is -5.07. The predicted octanol–water partition coefficient (Wildman–Crippen LogP) is 0.687. The van der Waals surface area contributed by atoms with Crippen LogP contribution in [0.3, 0.4) is 0 Å². The van der Waals surface area contributed by atoms with Gasteiger partial charge in [0.2, 0.25) is 0 Å². The Morgan fingerprint density at radius 3 is 2.61 bits per heavy atom. The molecule has 38 heavy (non-hydrogen) atoms. The molecule has 194 valence electrons. The number of nitrogens with one attached hydrogen (secondary N) is 2. The molecule has 0 radical (unpaired) electrons. The van der Waals surface area contributed by atoms with Crippen molar-refractivity contribution in [2.45, 2.75) is 12.5 Å². The van der Waals surface area contributed by atoms with Crippen molar-refractivity contribution >= 4 is 17.6 Å². The molecule has 5 rings (SSSR count). The third-order valence-corrected chi connectivity index (χ3v) is 6.30. The molecule has 1 atom stereocenters. The number of carbonyl (C=O) groups excluding carboxylic acids is 2. The van der Waals surface area contributed by atoms with Gasteiger partial charge < -0.3 is 20.9 Å². The van der Waals surface area contributed by atoms with Crippen LogP contribution in [0.4, 0.5) is 10.2 Å². The molecule has 1 saturated heterocycles. The van der Waals surface area contributed by atoms with Gasteiger partial charge >= 0.3 is 5.69 Å². The van der Waals surface area contributed by atoms with E-state index in [-0.39, 0.29) is 35.7 Å². The molecule has 4 heterocycles. The molecule has 0 saturated carbocycles. The summed E-state index contributed by atoms with van der Waals surface area (Å²) in [5.41, 5.74) is 5.88. The molecule has 1 fully saturated rings. The number of nitrogens with two attached hydrogens (primary N) is 1. The van der Waals surface area contributed by atoms with Gasteiger partial charge in [0.25, 0.3) is 17.4 Å². The Labute approximate surface area is 214 Å². The van der Waals surface area contributed by atoms with Gasteiger partial charge in [0.1, 0.15) is 17.2 Å². The van der Waals surface area contributed by atoms with Gasteiger partial charge in [-0.05, 0) is 36.8 Å². The van der Waals surface area contributed by atoms with E-state index in [1.54, 1.807) is 36.4 Å². The summed E-state index contributed by atoms with van der Waals surface area (Å²) in [6, 6.07) is 5.99. The minimum absolute atomic E-state index is 0.0654. The highest BCUT2D eigenvalue weighted by molar-refractivity contribution is 5.99. The van der Waals surface area contributed by atoms with Crippen LogP contribution < -0.4 is 22.3 Å². The van der Waals surface area contributed by atoms with E-state index in [9.17, 15) is 23.6 Å². The summed E-state index contributed by atoms with van der Waals surface area (Å²) in [6.45, 7) is 0.428. The average Bonchev–Trinajstić information content (AvgIpc) is 3.54. The molecule has 13 heteroatoms. The quantitative estimate of drug-likeness (QED) is 0.350. The number of rotatable bonds is 5. The summed E-state index contributed by atoms with van der Waals surface area (Å²) >= 11 is 0. The lowest BCUT2D eigenvalue weighted by Gasteiger charge is -2.17. The number of halogens is 1. The molecule has 1 aromatic carbocycles. The second-order valence-corrected chi connectivity index (χ2v) is 8.89. The number of benzene rings is 1. The van der Waals surface area contributed by atoms with Crippen LogP contribution >= 0.6 is 0 Å². The topological polar surface area (TPSA) is 161 Å². The summed E-state index contributed by atoms with van der Waals surface area (Å²) in [6.07, 6.45) is 6.51. The highest BCUT2D eigenvalue weighted by Crippen LogP contribution is 2.22. The lowest BCUT2D eigenvalue weighted by atomic mass is 10.1. The SMILES string of the molecule is Cn1cc(-c2cnc(N)c(C(=O)N[C@@H]3CCN(C(=O)c4c[nH]c(=O)n(-c5ccc(F)cc5)c4=O)C3)c2)cn1. The number of hydrogen-bond donors (Lipinski definition) is 3. The van der Waals surface area contributed by atoms with Gasteiger partial charge in [-0.2, -0.15) is 5.10 Å². The molecule has 12 nitrogen and oxygen atoms in total. The second kappa shape index (κ2) is 9.76. The Balaban J connectivity index is 1.31. The van der Waals surface area contributed by atoms with E-state index >= 15 is 0 Å². The van der Waals surface area contributed by atoms with Gasteiger partial charge in [-0.3, -0.25) is 19.1 Å². The summed E-state index contributed by atoms with van der Waals surface area (Å²) in [4.78, 5) is 59.4. The lowest BCUT2D eigenvalue weighted by molar-refractivity contribution is 0.0780. The minimum Gasteiger partial charge on any atom is -0.383 e. The standard InChI is InChI=1S/C25H23FN8O4/c1-32-12-15(10-30-32)14-8-19(21(27)28-9-14)22(35)31-17-6-7-33(13-17)23(36)20-11-29-25(38)34(24(20)37)18-4-2-16(26)3-5-18/h2-5,8-12,17H,6-7,13H2,1H3,(H2,27,28)(H,29,38)(H,31,35)/t17-/m1/s1. The molecule has 0 aliphatic carbocycles. The van der Waals surface area contributed by atoms with E-state index in [0.29, 0.717) is 12.0 Å². The average molecular weight is 519 g/mol. The van der Waals surface area contributed by atoms with Crippen molar-refractivity contribution < 1.29 is 14.0 Å². The molecule has 4 aromatic rings. The molecule has 0 spiro atoms. The van der Waals surface area contributed by atoms with Crippen molar-refractivity contribution in [1.29, 1.82) is 0 Å². The molecule has 2 amide bonds. The molecular weight excluding hydrogens is 495 g/mol. The number of carbonyl (C=O) groups is 2. The second-order valence-electron chi connectivity index (χ2n) is 8.89. The Kier molecular flexibility index (Phi) is 6.33. The van der Waals surface area contributed by atoms with Crippen molar-refractivity contribution in [3.8, 4) is 16.8 Å². The Morgan fingerprint density at radius 2 is 1.89 bits per heavy atom. The van der Waals surface area contributed by atoms with E-state index in [1.165, 1.54) is 17.0 Å². The van der Waals surface area contributed by atoms with Gasteiger partial charge in [-0.1, -0.05) is 0 Å². The summed E-state index contributed by atoms with van der Waals surface area (Å²) < 4.78 is 15.7. The summed E-state index contributed by atoms with van der Waals surface area (Å²) in [5.74, 6) is -1.51. The smallest absolute Gasteiger partial charge is 0.333 e. The molecule has 0 unspecified atom stereocenters. The third-order valence-electron chi connectivity index (χ3n) is 6.30. The zero-order valence-corrected chi connectivity index (χ0v) is 20.2. The van der Waals surface area contributed by atoms with Gasteiger partial charge in [0, 0.05) is 55.9 Å². The number of likely N-dealkylation sites (tertiary alicyclic amines) is 1. The predicted molar refractivity (Wildman–Crippen MR) is 135 cm³/mol. The van der Waals surface area contributed by atoms with E-state index in [4.69, 9.17) is 5.73 Å². The van der Waals surface area contributed by atoms with Crippen molar-refractivity contribution in [3.05, 3.63) is 92.9 Å². The van der Waals surface area contributed by atoms with Crippen LogP contribution in [-0.4, -0.2) is 60.2 Å². The zero-order chi connectivity index (χ0) is 27.0. The Morgan fingerprint density at radius 1 is 1.13 bits per heavy atom. The summed E-state index contributed by atoms with van der Waals surface area (Å²) in [5, 5.41) is 6.99. The maximum atomic E-state index is 13.3. The first-order chi connectivity index (χ1) is 18.2. The maximum absolute atomic E-state index is 13.3. The van der Waals surface area contributed by atoms with Gasteiger partial charge in [-0.15, -0.1) is 0 Å². The first-order valence-electron chi connectivity index (χ1n) is 11.7. The fraction of sp³-hybridized carbons (Fsp3) is 0.200. The van der Waals surface area contributed by atoms with Crippen LogP contribution in [0.25, 0.3) is 16.8 Å². The van der Waals surface area contributed by atoms with Gasteiger partial charge in [0.15, 0.2) is 0 Å². The fourth-order valence-electron chi connectivity index (χ4n) is 4.33. The fourth-order valence-corrected chi connectivity index (χ4v) is 4.33. The minimum atomic E-state index is -0.830. The third kappa shape index (κ3) is 4.68. The first kappa shape index (κ1) is 24.6. The van der Waals surface area contributed by atoms with Crippen molar-refractivity contribution in [1.82, 2.24) is 34.5 Å². The number of anilines is 1. The highest BCUT2D eigenvalue weighted by atomic mass is 19.1. The summed E-state index contributed by atoms with van der Waals surface area (Å²) in [7, 11) is 1.78. The lowest BCUT2D eigenvalue weighted by Crippen LogP contribution is -2.42. The number of amides is 2. The molecule has 0 bridgehead atoms. The normalized spacial score (nSPS) is 15.0. The number of H-pyrrole nitrogens is 1. The zero-order valence-electron chi connectivity index (χ0n) is 20.2. The van der Waals surface area contributed by atoms with Crippen molar-refractivity contribution in [2.24, 2.45) is 7.05 Å². The molecule has 1 aliphatic heterocycles. The van der Waals surface area contributed by atoms with Crippen LogP contribution in [0.15, 0.2) is 64.7 Å². The van der Waals surface area contributed by atoms with Crippen LogP contribution in [0.2, 0.25) is 0 Å². The number of hydrogen-bond acceptors (Lipinski definition) is 7. The monoisotopic (exact) mass is 518 g/mol. The number of aryl methyl sites for hydroxylation is 1. The van der Waals surface area contributed by atoms with Gasteiger partial charge in [0.05, 0.1) is 17.4 Å². The van der Waals surface area contributed by atoms with E-state index < -0.39 is 34.9 Å². The van der Waals surface area contributed by atoms with Crippen LogP contribution in [-0.2, 0) is 7.05 Å². The van der Waals surface area contributed by atoms with Crippen LogP contribution in [0.5, 0.6) is 0 Å². The number of aromatic nitrogens is 5. The molecule has 4 N–H and O–H groups in total. The number of aromatic amines is 1. The van der Waals surface area contributed by atoms with Crippen molar-refractivity contribution in [3.63, 3.8) is 0 Å². The molecule has 1 aliphatic rings. The van der Waals surface area contributed by atoms with E-state index in [2.05, 4.69) is 20.4 Å². The van der Waals surface area contributed by atoms with Gasteiger partial charge in [-0.25, -0.2) is 18.7 Å². The van der Waals surface area contributed by atoms with Crippen LogP contribution in [0, 0.1) is 5.82 Å². The van der Waals surface area contributed by atoms with Crippen molar-refractivity contribution in [2.75, 3.05) is 18.8 Å². The number of nitrogens with zero attached hydrogens (tertiary/aromatic N) is 5. The number of pyridine rings is 1. The molecular formula is C25H23FN8O4. The number of nitrogen functional groups attached to an aromatic ring is 1. The van der Waals surface area contributed by atoms with E-state index in [0.717, 1.165) is 28.5 Å². The largest absolute Gasteiger partial charge is 0.383 e. The maximum Gasteiger partial charge on any atom is 0.333 e. The Bertz CT molecular complexity index is 1660. The molecule has 3 aromatic heterocycles. The van der Waals surface area contributed by atoms with E-state index in [1.807, 2.05) is 0 Å².